The average molecular weight is 229 g/mol. The molecule has 1 aliphatic heterocycles. The van der Waals surface area contributed by atoms with E-state index >= 15 is 0 Å². The highest BCUT2D eigenvalue weighted by atomic mass is 32.2. The quantitative estimate of drug-likeness (QED) is 0.660. The van der Waals surface area contributed by atoms with Crippen molar-refractivity contribution in [1.29, 1.82) is 0 Å². The van der Waals surface area contributed by atoms with Crippen molar-refractivity contribution in [3.63, 3.8) is 0 Å². The van der Waals surface area contributed by atoms with E-state index in [1.54, 1.807) is 0 Å². The van der Waals surface area contributed by atoms with E-state index in [4.69, 9.17) is 0 Å². The van der Waals surface area contributed by atoms with Gasteiger partial charge < -0.3 is 4.74 Å². The van der Waals surface area contributed by atoms with Gasteiger partial charge in [0, 0.05) is 13.0 Å². The molecule has 0 saturated carbocycles. The van der Waals surface area contributed by atoms with Gasteiger partial charge in [-0.15, -0.1) is 0 Å². The second-order valence-corrected chi connectivity index (χ2v) is 6.10. The normalized spacial score (nSPS) is 31.5. The average Bonchev–Trinajstić information content (AvgIpc) is 2.07. The zero-order chi connectivity index (χ0) is 10.8. The first kappa shape index (κ1) is 12.2. The Morgan fingerprint density at radius 3 is 2.14 bits per heavy atom. The molecule has 0 aliphatic carbocycles. The first-order valence-corrected chi connectivity index (χ1v) is 6.61. The lowest BCUT2D eigenvalue weighted by Gasteiger charge is -2.29. The smallest absolute Gasteiger partial charge is 0.372 e. The summed E-state index contributed by atoms with van der Waals surface area (Å²) in [6, 6.07) is 0. The standard InChI is InChI=1S/C9H16F3OS/c1-13-8(9(10,11)12)7-3-5-14(2)6-4-7/h7-8H,3-6H2,1-2H3/q+1. The van der Waals surface area contributed by atoms with Crippen LogP contribution in [-0.2, 0) is 15.6 Å². The Kier molecular flexibility index (Phi) is 4.13. The number of hydrogen-bond donors (Lipinski definition) is 0. The number of methoxy groups -OCH3 is 1. The topological polar surface area (TPSA) is 9.23 Å². The van der Waals surface area contributed by atoms with Crippen molar-refractivity contribution in [3.05, 3.63) is 0 Å². The Labute approximate surface area is 85.4 Å². The molecule has 0 radical (unpaired) electrons. The van der Waals surface area contributed by atoms with Crippen LogP contribution in [0, 0.1) is 5.92 Å². The lowest BCUT2D eigenvalue weighted by molar-refractivity contribution is -0.229. The van der Waals surface area contributed by atoms with Crippen molar-refractivity contribution in [2.24, 2.45) is 5.92 Å². The maximum absolute atomic E-state index is 12.5. The molecule has 0 N–H and O–H groups in total. The van der Waals surface area contributed by atoms with Gasteiger partial charge in [-0.2, -0.15) is 13.2 Å². The van der Waals surface area contributed by atoms with Gasteiger partial charge in [-0.25, -0.2) is 0 Å². The molecule has 0 aromatic carbocycles. The van der Waals surface area contributed by atoms with Crippen LogP contribution in [0.4, 0.5) is 13.2 Å². The summed E-state index contributed by atoms with van der Waals surface area (Å²) >= 11 is 0. The molecule has 0 aromatic heterocycles. The van der Waals surface area contributed by atoms with E-state index in [0.717, 1.165) is 18.6 Å². The summed E-state index contributed by atoms with van der Waals surface area (Å²) in [6.07, 6.45) is -2.34. The maximum Gasteiger partial charge on any atom is 0.414 e. The number of hydrogen-bond acceptors (Lipinski definition) is 1. The zero-order valence-corrected chi connectivity index (χ0v) is 9.25. The fourth-order valence-electron chi connectivity index (χ4n) is 1.85. The molecule has 14 heavy (non-hydrogen) atoms. The molecule has 1 nitrogen and oxygen atoms in total. The lowest BCUT2D eigenvalue weighted by Crippen LogP contribution is -2.41. The highest BCUT2D eigenvalue weighted by molar-refractivity contribution is 7.96. The lowest BCUT2D eigenvalue weighted by atomic mass is 9.95. The van der Waals surface area contributed by atoms with E-state index in [1.807, 2.05) is 0 Å². The SMILES string of the molecule is COC(C1CC[S+](C)CC1)C(F)(F)F. The molecule has 1 fully saturated rings. The first-order valence-electron chi connectivity index (χ1n) is 4.64. The summed E-state index contributed by atoms with van der Waals surface area (Å²) in [4.78, 5) is 0. The number of ether oxygens (including phenoxy) is 1. The van der Waals surface area contributed by atoms with Crippen molar-refractivity contribution in [3.8, 4) is 0 Å². The van der Waals surface area contributed by atoms with E-state index in [0.29, 0.717) is 23.7 Å². The number of rotatable bonds is 2. The Hall–Kier alpha value is 0.100. The van der Waals surface area contributed by atoms with Gasteiger partial charge in [-0.3, -0.25) is 0 Å². The van der Waals surface area contributed by atoms with Crippen LogP contribution in [0.15, 0.2) is 0 Å². The third kappa shape index (κ3) is 3.05. The first-order chi connectivity index (χ1) is 6.45. The molecule has 0 bridgehead atoms. The van der Waals surface area contributed by atoms with Crippen molar-refractivity contribution in [1.82, 2.24) is 0 Å². The van der Waals surface area contributed by atoms with Gasteiger partial charge in [-0.05, 0) is 23.7 Å². The fourth-order valence-corrected chi connectivity index (χ4v) is 3.46. The van der Waals surface area contributed by atoms with Gasteiger partial charge in [0.25, 0.3) is 0 Å². The van der Waals surface area contributed by atoms with E-state index in [-0.39, 0.29) is 5.92 Å². The predicted molar refractivity (Wildman–Crippen MR) is 52.6 cm³/mol. The molecule has 84 valence electrons. The molecule has 1 saturated heterocycles. The van der Waals surface area contributed by atoms with Crippen LogP contribution >= 0.6 is 0 Å². The summed E-state index contributed by atoms with van der Waals surface area (Å²) in [5, 5.41) is 0. The van der Waals surface area contributed by atoms with Crippen LogP contribution in [0.3, 0.4) is 0 Å². The van der Waals surface area contributed by atoms with Gasteiger partial charge in [0.2, 0.25) is 0 Å². The number of halogens is 3. The molecular weight excluding hydrogens is 213 g/mol. The van der Waals surface area contributed by atoms with Gasteiger partial charge in [0.1, 0.15) is 11.5 Å². The Morgan fingerprint density at radius 2 is 1.79 bits per heavy atom. The largest absolute Gasteiger partial charge is 0.414 e. The van der Waals surface area contributed by atoms with Crippen LogP contribution < -0.4 is 0 Å². The van der Waals surface area contributed by atoms with Gasteiger partial charge in [-0.1, -0.05) is 0 Å². The molecule has 0 spiro atoms. The second kappa shape index (κ2) is 4.75. The minimum atomic E-state index is -4.21. The van der Waals surface area contributed by atoms with Gasteiger partial charge in [0.15, 0.2) is 6.10 Å². The molecule has 1 heterocycles. The van der Waals surface area contributed by atoms with Crippen LogP contribution in [-0.4, -0.2) is 37.2 Å². The predicted octanol–water partition coefficient (Wildman–Crippen LogP) is 2.22. The summed E-state index contributed by atoms with van der Waals surface area (Å²) in [5.41, 5.74) is 0. The third-order valence-electron chi connectivity index (χ3n) is 2.68. The third-order valence-corrected chi connectivity index (χ3v) is 4.54. The second-order valence-electron chi connectivity index (χ2n) is 3.73. The minimum absolute atomic E-state index is 0.321. The Morgan fingerprint density at radius 1 is 1.29 bits per heavy atom. The van der Waals surface area contributed by atoms with Crippen molar-refractivity contribution in [2.45, 2.75) is 25.1 Å². The van der Waals surface area contributed by atoms with E-state index in [9.17, 15) is 13.2 Å². The molecule has 1 unspecified atom stereocenters. The highest BCUT2D eigenvalue weighted by Gasteiger charge is 2.46. The summed E-state index contributed by atoms with van der Waals surface area (Å²) in [6.45, 7) is 0. The van der Waals surface area contributed by atoms with E-state index in [1.165, 1.54) is 0 Å². The molecule has 1 aliphatic rings. The summed E-state index contributed by atoms with van der Waals surface area (Å²) in [7, 11) is 1.47. The van der Waals surface area contributed by atoms with Crippen molar-refractivity contribution >= 4 is 10.9 Å². The van der Waals surface area contributed by atoms with Crippen molar-refractivity contribution < 1.29 is 17.9 Å². The summed E-state index contributed by atoms with van der Waals surface area (Å²) < 4.78 is 42.0. The highest BCUT2D eigenvalue weighted by Crippen LogP contribution is 2.34. The molecule has 5 heteroatoms. The summed E-state index contributed by atoms with van der Waals surface area (Å²) in [5.74, 6) is 1.50. The molecule has 1 atom stereocenters. The van der Waals surface area contributed by atoms with Gasteiger partial charge in [0.05, 0.1) is 6.26 Å². The fraction of sp³-hybridized carbons (Fsp3) is 1.00. The van der Waals surface area contributed by atoms with Crippen LogP contribution in [0.25, 0.3) is 0 Å². The van der Waals surface area contributed by atoms with Crippen LogP contribution in [0.1, 0.15) is 12.8 Å². The Bertz CT molecular complexity index is 175. The van der Waals surface area contributed by atoms with E-state index < -0.39 is 12.3 Å². The van der Waals surface area contributed by atoms with Crippen molar-refractivity contribution in [2.75, 3.05) is 24.9 Å². The Balaban J connectivity index is 2.54. The van der Waals surface area contributed by atoms with Gasteiger partial charge >= 0.3 is 6.18 Å². The molecule has 0 amide bonds. The maximum atomic E-state index is 12.5. The molecule has 0 aromatic rings. The zero-order valence-electron chi connectivity index (χ0n) is 8.43. The number of alkyl halides is 3. The monoisotopic (exact) mass is 229 g/mol. The van der Waals surface area contributed by atoms with E-state index in [2.05, 4.69) is 11.0 Å². The van der Waals surface area contributed by atoms with Crippen LogP contribution in [0.2, 0.25) is 0 Å². The minimum Gasteiger partial charge on any atom is -0.372 e. The van der Waals surface area contributed by atoms with Crippen LogP contribution in [0.5, 0.6) is 0 Å². The molecular formula is C9H16F3OS+. The molecule has 1 rings (SSSR count).